The molecule has 0 spiro atoms. The van der Waals surface area contributed by atoms with Crippen LogP contribution >= 0.6 is 0 Å². The Morgan fingerprint density at radius 2 is 2.00 bits per heavy atom. The van der Waals surface area contributed by atoms with Crippen molar-refractivity contribution in [1.82, 2.24) is 5.43 Å². The van der Waals surface area contributed by atoms with Gasteiger partial charge < -0.3 is 0 Å². The van der Waals surface area contributed by atoms with Gasteiger partial charge in [0, 0.05) is 6.04 Å². The Bertz CT molecular complexity index is 358. The van der Waals surface area contributed by atoms with Crippen LogP contribution in [0, 0.1) is 11.8 Å². The number of nitrogens with two attached hydrogens (primary N) is 1. The third kappa shape index (κ3) is 2.70. The molecule has 0 aliphatic heterocycles. The van der Waals surface area contributed by atoms with Crippen molar-refractivity contribution in [1.29, 1.82) is 0 Å². The molecule has 1 aromatic rings. The van der Waals surface area contributed by atoms with Crippen molar-refractivity contribution in [2.45, 2.75) is 44.1 Å². The normalized spacial score (nSPS) is 29.0. The second-order valence-corrected chi connectivity index (χ2v) is 5.71. The molecular formula is C15H22N2. The number of rotatable bonds is 6. The van der Waals surface area contributed by atoms with Gasteiger partial charge in [-0.15, -0.1) is 0 Å². The van der Waals surface area contributed by atoms with Gasteiger partial charge in [0.15, 0.2) is 0 Å². The second-order valence-electron chi connectivity index (χ2n) is 5.71. The SMILES string of the molecule is NNC(CCC1CC1)C1CC1c1ccccc1. The maximum absolute atomic E-state index is 5.71. The summed E-state index contributed by atoms with van der Waals surface area (Å²) in [5, 5.41) is 0. The van der Waals surface area contributed by atoms with Crippen molar-refractivity contribution in [2.75, 3.05) is 0 Å². The van der Waals surface area contributed by atoms with Gasteiger partial charge in [-0.05, 0) is 42.6 Å². The van der Waals surface area contributed by atoms with Crippen LogP contribution in [0.1, 0.15) is 43.6 Å². The average molecular weight is 230 g/mol. The summed E-state index contributed by atoms with van der Waals surface area (Å²) in [4.78, 5) is 0. The van der Waals surface area contributed by atoms with Crippen molar-refractivity contribution in [2.24, 2.45) is 17.7 Å². The smallest absolute Gasteiger partial charge is 0.0244 e. The summed E-state index contributed by atoms with van der Waals surface area (Å²) in [5.74, 6) is 8.24. The maximum Gasteiger partial charge on any atom is 0.0244 e. The lowest BCUT2D eigenvalue weighted by atomic mass is 10.0. The molecule has 0 amide bonds. The molecule has 0 radical (unpaired) electrons. The first-order valence-electron chi connectivity index (χ1n) is 6.89. The Balaban J connectivity index is 1.54. The zero-order valence-corrected chi connectivity index (χ0v) is 10.3. The van der Waals surface area contributed by atoms with Crippen LogP contribution in [0.4, 0.5) is 0 Å². The fourth-order valence-electron chi connectivity index (χ4n) is 2.99. The molecule has 2 aliphatic rings. The molecule has 2 nitrogen and oxygen atoms in total. The van der Waals surface area contributed by atoms with Gasteiger partial charge in [-0.1, -0.05) is 43.2 Å². The van der Waals surface area contributed by atoms with E-state index in [9.17, 15) is 0 Å². The van der Waals surface area contributed by atoms with E-state index in [-0.39, 0.29) is 0 Å². The molecule has 0 saturated heterocycles. The number of hydrogen-bond donors (Lipinski definition) is 2. The predicted molar refractivity (Wildman–Crippen MR) is 70.4 cm³/mol. The van der Waals surface area contributed by atoms with Crippen LogP contribution in [0.3, 0.4) is 0 Å². The van der Waals surface area contributed by atoms with Gasteiger partial charge in [-0.3, -0.25) is 11.3 Å². The topological polar surface area (TPSA) is 38.0 Å². The molecule has 2 fully saturated rings. The zero-order chi connectivity index (χ0) is 11.7. The van der Waals surface area contributed by atoms with Crippen LogP contribution < -0.4 is 11.3 Å². The third-order valence-corrected chi connectivity index (χ3v) is 4.38. The molecule has 0 heterocycles. The van der Waals surface area contributed by atoms with Crippen molar-refractivity contribution in [3.63, 3.8) is 0 Å². The Kier molecular flexibility index (Phi) is 3.17. The summed E-state index contributed by atoms with van der Waals surface area (Å²) in [7, 11) is 0. The molecule has 2 aliphatic carbocycles. The quantitative estimate of drug-likeness (QED) is 0.582. The lowest BCUT2D eigenvalue weighted by Crippen LogP contribution is -2.37. The minimum Gasteiger partial charge on any atom is -0.271 e. The van der Waals surface area contributed by atoms with Gasteiger partial charge in [0.05, 0.1) is 0 Å². The predicted octanol–water partition coefficient (Wildman–Crippen LogP) is 2.81. The molecule has 2 heteroatoms. The van der Waals surface area contributed by atoms with E-state index in [1.165, 1.54) is 37.7 Å². The van der Waals surface area contributed by atoms with Gasteiger partial charge in [-0.2, -0.15) is 0 Å². The molecular weight excluding hydrogens is 208 g/mol. The fourth-order valence-corrected chi connectivity index (χ4v) is 2.99. The molecule has 3 unspecified atom stereocenters. The Hall–Kier alpha value is -0.860. The van der Waals surface area contributed by atoms with Gasteiger partial charge in [-0.25, -0.2) is 0 Å². The number of nitrogens with one attached hydrogen (secondary N) is 1. The summed E-state index contributed by atoms with van der Waals surface area (Å²) in [5.41, 5.74) is 4.54. The molecule has 0 bridgehead atoms. The standard InChI is InChI=1S/C15H22N2/c16-17-15(9-8-11-6-7-11)14-10-13(14)12-4-2-1-3-5-12/h1-5,11,13-15,17H,6-10,16H2. The monoisotopic (exact) mass is 230 g/mol. The van der Waals surface area contributed by atoms with Crippen LogP contribution in [0.25, 0.3) is 0 Å². The highest BCUT2D eigenvalue weighted by Gasteiger charge is 2.43. The summed E-state index contributed by atoms with van der Waals surface area (Å²) in [6, 6.07) is 11.4. The molecule has 92 valence electrons. The lowest BCUT2D eigenvalue weighted by Gasteiger charge is -2.15. The molecule has 17 heavy (non-hydrogen) atoms. The van der Waals surface area contributed by atoms with Gasteiger partial charge in [0.1, 0.15) is 0 Å². The maximum atomic E-state index is 5.71. The van der Waals surface area contributed by atoms with Crippen LogP contribution in [0.2, 0.25) is 0 Å². The first-order chi connectivity index (χ1) is 8.38. The molecule has 3 atom stereocenters. The molecule has 1 aromatic carbocycles. The Morgan fingerprint density at radius 1 is 1.24 bits per heavy atom. The molecule has 3 N–H and O–H groups in total. The fraction of sp³-hybridized carbons (Fsp3) is 0.600. The molecule has 0 aromatic heterocycles. The van der Waals surface area contributed by atoms with Crippen LogP contribution in [0.15, 0.2) is 30.3 Å². The van der Waals surface area contributed by atoms with Gasteiger partial charge in [0.2, 0.25) is 0 Å². The minimum absolute atomic E-state index is 0.529. The van der Waals surface area contributed by atoms with Crippen molar-refractivity contribution in [3.8, 4) is 0 Å². The van der Waals surface area contributed by atoms with Gasteiger partial charge in [0.25, 0.3) is 0 Å². The van der Waals surface area contributed by atoms with Crippen LogP contribution in [-0.2, 0) is 0 Å². The Morgan fingerprint density at radius 3 is 2.65 bits per heavy atom. The van der Waals surface area contributed by atoms with Crippen molar-refractivity contribution in [3.05, 3.63) is 35.9 Å². The minimum atomic E-state index is 0.529. The lowest BCUT2D eigenvalue weighted by molar-refractivity contribution is 0.417. The van der Waals surface area contributed by atoms with E-state index in [0.29, 0.717) is 6.04 Å². The molecule has 2 saturated carbocycles. The van der Waals surface area contributed by atoms with E-state index < -0.39 is 0 Å². The van der Waals surface area contributed by atoms with Crippen molar-refractivity contribution < 1.29 is 0 Å². The van der Waals surface area contributed by atoms with E-state index in [1.54, 1.807) is 0 Å². The third-order valence-electron chi connectivity index (χ3n) is 4.38. The average Bonchev–Trinajstić information content (AvgIpc) is 3.26. The van der Waals surface area contributed by atoms with Crippen LogP contribution in [0.5, 0.6) is 0 Å². The highest BCUT2D eigenvalue weighted by molar-refractivity contribution is 5.26. The first-order valence-corrected chi connectivity index (χ1v) is 6.89. The summed E-state index contributed by atoms with van der Waals surface area (Å²) >= 11 is 0. The van der Waals surface area contributed by atoms with Crippen molar-refractivity contribution >= 4 is 0 Å². The van der Waals surface area contributed by atoms with Crippen LogP contribution in [-0.4, -0.2) is 6.04 Å². The van der Waals surface area contributed by atoms with E-state index in [4.69, 9.17) is 5.84 Å². The second kappa shape index (κ2) is 4.79. The molecule has 3 rings (SSSR count). The zero-order valence-electron chi connectivity index (χ0n) is 10.3. The van der Waals surface area contributed by atoms with E-state index >= 15 is 0 Å². The van der Waals surface area contributed by atoms with E-state index in [0.717, 1.165) is 17.8 Å². The summed E-state index contributed by atoms with van der Waals surface area (Å²) < 4.78 is 0. The summed E-state index contributed by atoms with van der Waals surface area (Å²) in [6.07, 6.45) is 6.83. The first kappa shape index (κ1) is 11.2. The number of hydrazine groups is 1. The van der Waals surface area contributed by atoms with E-state index in [2.05, 4.69) is 35.8 Å². The van der Waals surface area contributed by atoms with Gasteiger partial charge >= 0.3 is 0 Å². The van der Waals surface area contributed by atoms with E-state index in [1.807, 2.05) is 0 Å². The number of hydrogen-bond acceptors (Lipinski definition) is 2. The highest BCUT2D eigenvalue weighted by Crippen LogP contribution is 2.50. The largest absolute Gasteiger partial charge is 0.271 e. The summed E-state index contributed by atoms with van der Waals surface area (Å²) in [6.45, 7) is 0. The Labute approximate surface area is 104 Å². The number of benzene rings is 1. The highest BCUT2D eigenvalue weighted by atomic mass is 15.2.